The van der Waals surface area contributed by atoms with Crippen molar-refractivity contribution in [2.45, 2.75) is 33.6 Å². The normalized spacial score (nSPS) is 11.9. The number of aliphatic carboxylic acids is 1. The molecular formula is C13H22N4O2. The van der Waals surface area contributed by atoms with Crippen LogP contribution in [0.3, 0.4) is 0 Å². The number of nitrogens with zero attached hydrogens (tertiary/aromatic N) is 2. The number of aryl methyl sites for hydroxylation is 1. The van der Waals surface area contributed by atoms with Gasteiger partial charge in [0.1, 0.15) is 17.5 Å². The van der Waals surface area contributed by atoms with Crippen LogP contribution < -0.4 is 10.6 Å². The zero-order chi connectivity index (χ0) is 14.3. The molecule has 0 aliphatic carbocycles. The van der Waals surface area contributed by atoms with Gasteiger partial charge in [-0.1, -0.05) is 20.3 Å². The molecule has 0 spiro atoms. The molecular weight excluding hydrogens is 244 g/mol. The summed E-state index contributed by atoms with van der Waals surface area (Å²) in [5, 5.41) is 15.1. The Morgan fingerprint density at radius 2 is 2.00 bits per heavy atom. The van der Waals surface area contributed by atoms with Crippen molar-refractivity contribution in [1.29, 1.82) is 0 Å². The number of unbranched alkanes of at least 4 members (excludes halogenated alkanes) is 1. The number of hydrogen-bond acceptors (Lipinski definition) is 5. The molecule has 0 saturated heterocycles. The summed E-state index contributed by atoms with van der Waals surface area (Å²) in [6.45, 7) is 6.83. The first-order valence-electron chi connectivity index (χ1n) is 6.59. The van der Waals surface area contributed by atoms with E-state index in [1.54, 1.807) is 13.0 Å². The molecule has 106 valence electrons. The molecule has 1 atom stereocenters. The Morgan fingerprint density at radius 3 is 2.58 bits per heavy atom. The Morgan fingerprint density at radius 1 is 1.37 bits per heavy atom. The van der Waals surface area contributed by atoms with Crippen molar-refractivity contribution in [3.8, 4) is 0 Å². The van der Waals surface area contributed by atoms with E-state index in [0.29, 0.717) is 18.2 Å². The fourth-order valence-corrected chi connectivity index (χ4v) is 1.49. The van der Waals surface area contributed by atoms with E-state index >= 15 is 0 Å². The minimum Gasteiger partial charge on any atom is -0.481 e. The van der Waals surface area contributed by atoms with Crippen LogP contribution in [0, 0.1) is 12.8 Å². The van der Waals surface area contributed by atoms with Crippen molar-refractivity contribution < 1.29 is 9.90 Å². The van der Waals surface area contributed by atoms with Gasteiger partial charge in [0, 0.05) is 19.2 Å². The molecule has 0 bridgehead atoms. The molecule has 1 aromatic heterocycles. The van der Waals surface area contributed by atoms with Gasteiger partial charge in [-0.3, -0.25) is 4.79 Å². The number of rotatable bonds is 8. The fraction of sp³-hybridized carbons (Fsp3) is 0.615. The van der Waals surface area contributed by atoms with Gasteiger partial charge in [0.05, 0.1) is 5.92 Å². The summed E-state index contributed by atoms with van der Waals surface area (Å²) >= 11 is 0. The van der Waals surface area contributed by atoms with Crippen molar-refractivity contribution >= 4 is 17.6 Å². The van der Waals surface area contributed by atoms with Gasteiger partial charge in [0.15, 0.2) is 0 Å². The average molecular weight is 266 g/mol. The molecule has 19 heavy (non-hydrogen) atoms. The second-order valence-electron chi connectivity index (χ2n) is 4.59. The maximum absolute atomic E-state index is 10.7. The molecule has 6 heteroatoms. The first-order chi connectivity index (χ1) is 9.02. The molecule has 1 rings (SSSR count). The molecule has 0 saturated carbocycles. The highest BCUT2D eigenvalue weighted by Gasteiger charge is 2.11. The monoisotopic (exact) mass is 266 g/mol. The second kappa shape index (κ2) is 7.56. The van der Waals surface area contributed by atoms with Crippen LogP contribution in [0.25, 0.3) is 0 Å². The highest BCUT2D eigenvalue weighted by Crippen LogP contribution is 2.12. The van der Waals surface area contributed by atoms with Gasteiger partial charge in [0.2, 0.25) is 0 Å². The molecule has 0 aliphatic heterocycles. The highest BCUT2D eigenvalue weighted by atomic mass is 16.4. The molecule has 0 aromatic carbocycles. The van der Waals surface area contributed by atoms with Crippen LogP contribution in [0.15, 0.2) is 6.07 Å². The number of anilines is 2. The van der Waals surface area contributed by atoms with E-state index < -0.39 is 11.9 Å². The highest BCUT2D eigenvalue weighted by molar-refractivity contribution is 5.70. The summed E-state index contributed by atoms with van der Waals surface area (Å²) in [4.78, 5) is 19.3. The quantitative estimate of drug-likeness (QED) is 0.625. The van der Waals surface area contributed by atoms with E-state index in [0.717, 1.165) is 25.2 Å². The molecule has 1 unspecified atom stereocenters. The Labute approximate surface area is 113 Å². The van der Waals surface area contributed by atoms with E-state index in [1.165, 1.54) is 0 Å². The van der Waals surface area contributed by atoms with E-state index in [2.05, 4.69) is 27.5 Å². The molecule has 0 fully saturated rings. The molecule has 0 amide bonds. The van der Waals surface area contributed by atoms with Gasteiger partial charge in [-0.2, -0.15) is 0 Å². The van der Waals surface area contributed by atoms with Gasteiger partial charge in [-0.25, -0.2) is 9.97 Å². The van der Waals surface area contributed by atoms with Crippen molar-refractivity contribution in [2.24, 2.45) is 5.92 Å². The van der Waals surface area contributed by atoms with Gasteiger partial charge in [-0.05, 0) is 13.3 Å². The minimum atomic E-state index is -0.820. The Hall–Kier alpha value is -1.85. The second-order valence-corrected chi connectivity index (χ2v) is 4.59. The van der Waals surface area contributed by atoms with Crippen LogP contribution in [0.2, 0.25) is 0 Å². The lowest BCUT2D eigenvalue weighted by molar-refractivity contribution is -0.140. The third-order valence-corrected chi connectivity index (χ3v) is 2.69. The number of carboxylic acids is 1. The maximum atomic E-state index is 10.7. The van der Waals surface area contributed by atoms with E-state index in [9.17, 15) is 4.79 Å². The topological polar surface area (TPSA) is 87.1 Å². The Bertz CT molecular complexity index is 423. The zero-order valence-corrected chi connectivity index (χ0v) is 11.7. The zero-order valence-electron chi connectivity index (χ0n) is 11.7. The molecule has 0 radical (unpaired) electrons. The minimum absolute atomic E-state index is 0.347. The number of carbonyl (C=O) groups is 1. The predicted octanol–water partition coefficient (Wildman–Crippen LogP) is 2.13. The number of aromatic nitrogens is 2. The van der Waals surface area contributed by atoms with E-state index in [1.807, 2.05) is 6.92 Å². The SMILES string of the molecule is CCCCNc1cc(NCC(C)C(=O)O)nc(C)n1. The summed E-state index contributed by atoms with van der Waals surface area (Å²) in [5.41, 5.74) is 0. The van der Waals surface area contributed by atoms with Crippen molar-refractivity contribution in [1.82, 2.24) is 9.97 Å². The van der Waals surface area contributed by atoms with Crippen molar-refractivity contribution in [3.05, 3.63) is 11.9 Å². The lowest BCUT2D eigenvalue weighted by Crippen LogP contribution is -2.20. The fourth-order valence-electron chi connectivity index (χ4n) is 1.49. The van der Waals surface area contributed by atoms with Gasteiger partial charge in [0.25, 0.3) is 0 Å². The lowest BCUT2D eigenvalue weighted by Gasteiger charge is -2.11. The van der Waals surface area contributed by atoms with Gasteiger partial charge >= 0.3 is 5.97 Å². The Balaban J connectivity index is 2.60. The van der Waals surface area contributed by atoms with Crippen molar-refractivity contribution in [3.63, 3.8) is 0 Å². The number of nitrogens with one attached hydrogen (secondary N) is 2. The third kappa shape index (κ3) is 5.54. The maximum Gasteiger partial charge on any atom is 0.308 e. The van der Waals surface area contributed by atoms with Crippen LogP contribution in [0.5, 0.6) is 0 Å². The smallest absolute Gasteiger partial charge is 0.308 e. The standard InChI is InChI=1S/C13H22N4O2/c1-4-5-6-14-11-7-12(17-10(3)16-11)15-8-9(2)13(18)19/h7,9H,4-6,8H2,1-3H3,(H,18,19)(H2,14,15,16,17). The molecule has 6 nitrogen and oxygen atoms in total. The third-order valence-electron chi connectivity index (χ3n) is 2.69. The lowest BCUT2D eigenvalue weighted by atomic mass is 10.2. The van der Waals surface area contributed by atoms with Gasteiger partial charge < -0.3 is 15.7 Å². The summed E-state index contributed by atoms with van der Waals surface area (Å²) < 4.78 is 0. The van der Waals surface area contributed by atoms with Crippen LogP contribution in [-0.4, -0.2) is 34.1 Å². The van der Waals surface area contributed by atoms with Gasteiger partial charge in [-0.15, -0.1) is 0 Å². The first kappa shape index (κ1) is 15.2. The average Bonchev–Trinajstić information content (AvgIpc) is 2.35. The van der Waals surface area contributed by atoms with Crippen LogP contribution >= 0.6 is 0 Å². The summed E-state index contributed by atoms with van der Waals surface area (Å²) in [6, 6.07) is 1.80. The molecule has 0 aliphatic rings. The number of hydrogen-bond donors (Lipinski definition) is 3. The predicted molar refractivity (Wildman–Crippen MR) is 75.5 cm³/mol. The van der Waals surface area contributed by atoms with E-state index in [-0.39, 0.29) is 0 Å². The summed E-state index contributed by atoms with van der Waals surface area (Å²) in [6.07, 6.45) is 2.21. The molecule has 3 N–H and O–H groups in total. The van der Waals surface area contributed by atoms with Crippen LogP contribution in [0.1, 0.15) is 32.5 Å². The van der Waals surface area contributed by atoms with Crippen molar-refractivity contribution in [2.75, 3.05) is 23.7 Å². The first-order valence-corrected chi connectivity index (χ1v) is 6.59. The van der Waals surface area contributed by atoms with Crippen LogP contribution in [-0.2, 0) is 4.79 Å². The summed E-state index contributed by atoms with van der Waals surface area (Å²) in [5.74, 6) is 0.810. The molecule has 1 aromatic rings. The Kier molecular flexibility index (Phi) is 6.05. The van der Waals surface area contributed by atoms with E-state index in [4.69, 9.17) is 5.11 Å². The summed E-state index contributed by atoms with van der Waals surface area (Å²) in [7, 11) is 0. The number of carboxylic acid groups (broad SMARTS) is 1. The molecule has 1 heterocycles. The van der Waals surface area contributed by atoms with Crippen LogP contribution in [0.4, 0.5) is 11.6 Å². The largest absolute Gasteiger partial charge is 0.481 e.